The standard InChI is InChI=1S/C32H33N3O3/c1-21(2)23-9-11-24(12-10-23)27-20-33-31(34(27)3)32(37)14-16-35(17-15-32)30(36)19-22-8-13-29-26(18-22)25-6-4-5-7-28(25)38-29/h4-13,18,20-21,37H,14-17,19H2,1-3H3. The van der Waals surface area contributed by atoms with Crippen molar-refractivity contribution >= 4 is 27.8 Å². The van der Waals surface area contributed by atoms with Crippen LogP contribution in [0.4, 0.5) is 0 Å². The van der Waals surface area contributed by atoms with E-state index in [2.05, 4.69) is 49.2 Å². The van der Waals surface area contributed by atoms with E-state index in [1.165, 1.54) is 5.56 Å². The van der Waals surface area contributed by atoms with E-state index in [0.29, 0.717) is 44.1 Å². The first-order chi connectivity index (χ1) is 18.3. The maximum atomic E-state index is 13.2. The van der Waals surface area contributed by atoms with Crippen molar-refractivity contribution < 1.29 is 14.3 Å². The first kappa shape index (κ1) is 24.4. The van der Waals surface area contributed by atoms with Crippen LogP contribution in [0.15, 0.2) is 77.3 Å². The van der Waals surface area contributed by atoms with E-state index in [1.54, 1.807) is 0 Å². The highest BCUT2D eigenvalue weighted by atomic mass is 16.3. The Labute approximate surface area is 222 Å². The summed E-state index contributed by atoms with van der Waals surface area (Å²) in [5.74, 6) is 1.21. The minimum Gasteiger partial charge on any atom is -0.456 e. The molecule has 3 aromatic carbocycles. The minimum atomic E-state index is -1.06. The fourth-order valence-corrected chi connectivity index (χ4v) is 5.67. The quantitative estimate of drug-likeness (QED) is 0.309. The molecule has 2 aromatic heterocycles. The van der Waals surface area contributed by atoms with Gasteiger partial charge in [-0.25, -0.2) is 4.98 Å². The summed E-state index contributed by atoms with van der Waals surface area (Å²) in [7, 11) is 1.96. The zero-order valence-corrected chi connectivity index (χ0v) is 22.1. The molecule has 1 amide bonds. The van der Waals surface area contributed by atoms with Crippen molar-refractivity contribution in [3.63, 3.8) is 0 Å². The van der Waals surface area contributed by atoms with Gasteiger partial charge in [0.15, 0.2) is 0 Å². The van der Waals surface area contributed by atoms with Crippen LogP contribution in [-0.2, 0) is 23.9 Å². The number of aromatic nitrogens is 2. The number of fused-ring (bicyclic) bond motifs is 3. The van der Waals surface area contributed by atoms with Crippen LogP contribution in [0.1, 0.15) is 49.6 Å². The molecule has 1 N–H and O–H groups in total. The van der Waals surface area contributed by atoms with Crippen LogP contribution < -0.4 is 0 Å². The smallest absolute Gasteiger partial charge is 0.226 e. The van der Waals surface area contributed by atoms with Crippen molar-refractivity contribution in [2.75, 3.05) is 13.1 Å². The van der Waals surface area contributed by atoms with Gasteiger partial charge in [0.2, 0.25) is 5.91 Å². The molecule has 0 bridgehead atoms. The van der Waals surface area contributed by atoms with Crippen molar-refractivity contribution in [1.82, 2.24) is 14.5 Å². The fraction of sp³-hybridized carbons (Fsp3) is 0.312. The number of carbonyl (C=O) groups excluding carboxylic acids is 1. The predicted molar refractivity (Wildman–Crippen MR) is 150 cm³/mol. The highest BCUT2D eigenvalue weighted by molar-refractivity contribution is 6.05. The van der Waals surface area contributed by atoms with Crippen LogP contribution >= 0.6 is 0 Å². The van der Waals surface area contributed by atoms with Gasteiger partial charge in [0.25, 0.3) is 0 Å². The SMILES string of the molecule is CC(C)c1ccc(-c2cnc(C3(O)CCN(C(=O)Cc4ccc5oc6ccccc6c5c4)CC3)n2C)cc1. The number of aliphatic hydroxyl groups is 1. The average Bonchev–Trinajstić information content (AvgIpc) is 3.49. The molecule has 0 spiro atoms. The lowest BCUT2D eigenvalue weighted by Gasteiger charge is -2.37. The van der Waals surface area contributed by atoms with E-state index in [1.807, 2.05) is 59.1 Å². The summed E-state index contributed by atoms with van der Waals surface area (Å²) in [4.78, 5) is 19.7. The third kappa shape index (κ3) is 4.29. The van der Waals surface area contributed by atoms with Gasteiger partial charge in [-0.05, 0) is 40.8 Å². The molecule has 38 heavy (non-hydrogen) atoms. The molecule has 6 nitrogen and oxygen atoms in total. The lowest BCUT2D eigenvalue weighted by atomic mass is 9.90. The van der Waals surface area contributed by atoms with Gasteiger partial charge in [0.05, 0.1) is 18.3 Å². The van der Waals surface area contributed by atoms with Gasteiger partial charge in [-0.15, -0.1) is 0 Å². The maximum Gasteiger partial charge on any atom is 0.226 e. The Morgan fingerprint density at radius 3 is 2.45 bits per heavy atom. The van der Waals surface area contributed by atoms with E-state index in [9.17, 15) is 9.90 Å². The number of hydrogen-bond donors (Lipinski definition) is 1. The van der Waals surface area contributed by atoms with Crippen LogP contribution in [0.5, 0.6) is 0 Å². The third-order valence-electron chi connectivity index (χ3n) is 8.02. The monoisotopic (exact) mass is 507 g/mol. The third-order valence-corrected chi connectivity index (χ3v) is 8.02. The molecule has 0 unspecified atom stereocenters. The molecule has 0 saturated carbocycles. The topological polar surface area (TPSA) is 71.5 Å². The van der Waals surface area contributed by atoms with Gasteiger partial charge in [-0.1, -0.05) is 62.4 Å². The molecule has 1 aliphatic rings. The summed E-state index contributed by atoms with van der Waals surface area (Å²) in [6.07, 6.45) is 3.08. The normalized spacial score (nSPS) is 15.6. The van der Waals surface area contributed by atoms with Crippen LogP contribution in [-0.4, -0.2) is 38.6 Å². The molecule has 6 heteroatoms. The lowest BCUT2D eigenvalue weighted by molar-refractivity contribution is -0.135. The van der Waals surface area contributed by atoms with Crippen molar-refractivity contribution in [1.29, 1.82) is 0 Å². The Morgan fingerprint density at radius 2 is 1.71 bits per heavy atom. The second-order valence-electron chi connectivity index (χ2n) is 10.8. The van der Waals surface area contributed by atoms with Gasteiger partial charge in [-0.3, -0.25) is 4.79 Å². The number of amides is 1. The van der Waals surface area contributed by atoms with E-state index in [-0.39, 0.29) is 5.91 Å². The van der Waals surface area contributed by atoms with E-state index < -0.39 is 5.60 Å². The van der Waals surface area contributed by atoms with Gasteiger partial charge >= 0.3 is 0 Å². The van der Waals surface area contributed by atoms with E-state index in [0.717, 1.165) is 38.8 Å². The van der Waals surface area contributed by atoms with Gasteiger partial charge < -0.3 is 19.0 Å². The van der Waals surface area contributed by atoms with Crippen molar-refractivity contribution in [2.45, 2.75) is 44.6 Å². The zero-order valence-electron chi connectivity index (χ0n) is 22.1. The largest absolute Gasteiger partial charge is 0.456 e. The Bertz CT molecular complexity index is 1620. The molecule has 0 radical (unpaired) electrons. The molecule has 3 heterocycles. The molecule has 1 saturated heterocycles. The zero-order chi connectivity index (χ0) is 26.4. The number of benzene rings is 3. The molecule has 5 aromatic rings. The van der Waals surface area contributed by atoms with Crippen LogP contribution in [0.3, 0.4) is 0 Å². The Morgan fingerprint density at radius 1 is 1.00 bits per heavy atom. The highest BCUT2D eigenvalue weighted by Gasteiger charge is 2.39. The summed E-state index contributed by atoms with van der Waals surface area (Å²) in [6, 6.07) is 22.5. The van der Waals surface area contributed by atoms with E-state index in [4.69, 9.17) is 4.42 Å². The number of imidazole rings is 1. The maximum absolute atomic E-state index is 13.2. The van der Waals surface area contributed by atoms with Crippen molar-refractivity contribution in [3.8, 4) is 11.3 Å². The summed E-state index contributed by atoms with van der Waals surface area (Å²) in [6.45, 7) is 5.36. The number of rotatable bonds is 5. The molecule has 1 fully saturated rings. The number of carbonyl (C=O) groups is 1. The Hall–Kier alpha value is -3.90. The van der Waals surface area contributed by atoms with Gasteiger partial charge in [0, 0.05) is 43.8 Å². The van der Waals surface area contributed by atoms with Crippen LogP contribution in [0.25, 0.3) is 33.2 Å². The molecule has 1 aliphatic heterocycles. The van der Waals surface area contributed by atoms with Crippen molar-refractivity contribution in [2.24, 2.45) is 7.05 Å². The number of nitrogens with zero attached hydrogens (tertiary/aromatic N) is 3. The lowest BCUT2D eigenvalue weighted by Crippen LogP contribution is -2.46. The molecular formula is C32H33N3O3. The molecule has 0 aliphatic carbocycles. The average molecular weight is 508 g/mol. The van der Waals surface area contributed by atoms with Crippen LogP contribution in [0, 0.1) is 0 Å². The summed E-state index contributed by atoms with van der Waals surface area (Å²) >= 11 is 0. The number of para-hydroxylation sites is 1. The van der Waals surface area contributed by atoms with Crippen molar-refractivity contribution in [3.05, 3.63) is 89.9 Å². The highest BCUT2D eigenvalue weighted by Crippen LogP contribution is 2.35. The van der Waals surface area contributed by atoms with E-state index >= 15 is 0 Å². The predicted octanol–water partition coefficient (Wildman–Crippen LogP) is 6.16. The first-order valence-electron chi connectivity index (χ1n) is 13.4. The minimum absolute atomic E-state index is 0.0740. The summed E-state index contributed by atoms with van der Waals surface area (Å²) in [5, 5.41) is 13.6. The number of likely N-dealkylation sites (tertiary alicyclic amines) is 1. The second-order valence-corrected chi connectivity index (χ2v) is 10.8. The Balaban J connectivity index is 1.14. The summed E-state index contributed by atoms with van der Waals surface area (Å²) in [5.41, 5.74) is 4.94. The molecule has 0 atom stereocenters. The fourth-order valence-electron chi connectivity index (χ4n) is 5.67. The van der Waals surface area contributed by atoms with Gasteiger partial charge in [0.1, 0.15) is 22.6 Å². The van der Waals surface area contributed by atoms with Gasteiger partial charge in [-0.2, -0.15) is 0 Å². The molecular weight excluding hydrogens is 474 g/mol. The number of hydrogen-bond acceptors (Lipinski definition) is 4. The first-order valence-corrected chi connectivity index (χ1v) is 13.4. The molecule has 194 valence electrons. The van der Waals surface area contributed by atoms with Crippen LogP contribution in [0.2, 0.25) is 0 Å². The molecule has 6 rings (SSSR count). The second kappa shape index (κ2) is 9.44. The number of furan rings is 1. The number of piperidine rings is 1. The summed E-state index contributed by atoms with van der Waals surface area (Å²) < 4.78 is 7.91. The Kier molecular flexibility index (Phi) is 6.07.